The molecule has 1 atom stereocenters. The molecule has 2 aromatic carbocycles. The molecule has 3 N–H and O–H groups in total. The molecule has 0 spiro atoms. The van der Waals surface area contributed by atoms with Crippen molar-refractivity contribution in [3.8, 4) is 11.6 Å². The molecule has 0 radical (unpaired) electrons. The lowest BCUT2D eigenvalue weighted by Gasteiger charge is -2.13. The average Bonchev–Trinajstić information content (AvgIpc) is 3.47. The lowest BCUT2D eigenvalue weighted by Crippen LogP contribution is -2.30. The fraction of sp³-hybridized carbons (Fsp3) is 0.154. The van der Waals surface area contributed by atoms with E-state index in [0.29, 0.717) is 11.3 Å². The third-order valence-corrected chi connectivity index (χ3v) is 7.69. The van der Waals surface area contributed by atoms with Gasteiger partial charge in [-0.05, 0) is 68.0 Å². The Bertz CT molecular complexity index is 1810. The molecule has 0 saturated heterocycles. The highest BCUT2D eigenvalue weighted by atomic mass is 32.2. The van der Waals surface area contributed by atoms with Gasteiger partial charge in [0.15, 0.2) is 5.71 Å². The summed E-state index contributed by atoms with van der Waals surface area (Å²) in [5.41, 5.74) is 0.718. The number of ether oxygens (including phenoxy) is 1. The summed E-state index contributed by atoms with van der Waals surface area (Å²) < 4.78 is 69.5. The number of hydrogen-bond donors (Lipinski definition) is 3. The van der Waals surface area contributed by atoms with E-state index in [1.165, 1.54) is 36.5 Å². The minimum atomic E-state index is -4.44. The Labute approximate surface area is 240 Å². The maximum absolute atomic E-state index is 13.1. The molecule has 0 fully saturated rings. The van der Waals surface area contributed by atoms with Crippen LogP contribution >= 0.6 is 0 Å². The van der Waals surface area contributed by atoms with Gasteiger partial charge in [0.1, 0.15) is 0 Å². The fourth-order valence-electron chi connectivity index (χ4n) is 3.91. The van der Waals surface area contributed by atoms with Gasteiger partial charge in [0.2, 0.25) is 5.88 Å². The van der Waals surface area contributed by atoms with Gasteiger partial charge in [-0.3, -0.25) is 13.9 Å². The Balaban J connectivity index is 1.47. The number of carbonyl (C=O) groups is 2. The number of rotatable bonds is 10. The molecule has 0 saturated carbocycles. The third kappa shape index (κ3) is 6.63. The monoisotopic (exact) mass is 616 g/mol. The van der Waals surface area contributed by atoms with E-state index in [4.69, 9.17) is 9.29 Å². The number of aromatic hydroxyl groups is 1. The molecule has 220 valence electrons. The summed E-state index contributed by atoms with van der Waals surface area (Å²) in [6.07, 6.45) is 7.71. The number of aromatic nitrogens is 2. The zero-order valence-corrected chi connectivity index (χ0v) is 23.4. The largest absolute Gasteiger partial charge is 0.493 e. The van der Waals surface area contributed by atoms with E-state index < -0.39 is 38.0 Å². The van der Waals surface area contributed by atoms with Gasteiger partial charge >= 0.3 is 5.97 Å². The third-order valence-electron chi connectivity index (χ3n) is 5.95. The first kappa shape index (κ1) is 30.3. The molecular weight excluding hydrogens is 592 g/mol. The molecule has 1 amide bonds. The molecule has 0 aliphatic carbocycles. The van der Waals surface area contributed by atoms with Crippen LogP contribution in [0.5, 0.6) is 5.88 Å². The number of allylic oxidation sites excluding steroid dienone is 3. The van der Waals surface area contributed by atoms with E-state index >= 15 is 0 Å². The summed E-state index contributed by atoms with van der Waals surface area (Å²) >= 11 is 0. The summed E-state index contributed by atoms with van der Waals surface area (Å²) in [4.78, 5) is 25.0. The number of nitrogens with zero attached hydrogens (tertiary/aromatic N) is 4. The van der Waals surface area contributed by atoms with Crippen LogP contribution in [0.3, 0.4) is 0 Å². The number of anilines is 1. The predicted octanol–water partition coefficient (Wildman–Crippen LogP) is 2.61. The minimum absolute atomic E-state index is 0.0578. The highest BCUT2D eigenvalue weighted by Crippen LogP contribution is 2.28. The van der Waals surface area contributed by atoms with Gasteiger partial charge in [0.05, 0.1) is 45.5 Å². The van der Waals surface area contributed by atoms with Crippen molar-refractivity contribution in [3.63, 3.8) is 0 Å². The second-order valence-electron chi connectivity index (χ2n) is 8.70. The molecule has 1 aliphatic heterocycles. The quantitative estimate of drug-likeness (QED) is 0.171. The van der Waals surface area contributed by atoms with E-state index in [9.17, 15) is 36.1 Å². The van der Waals surface area contributed by atoms with Crippen LogP contribution in [0, 0.1) is 5.92 Å². The molecule has 2 heterocycles. The average molecular weight is 617 g/mol. The highest BCUT2D eigenvalue weighted by molar-refractivity contribution is 7.86. The van der Waals surface area contributed by atoms with Gasteiger partial charge in [0.25, 0.3) is 26.1 Å². The van der Waals surface area contributed by atoms with Crippen LogP contribution in [0.1, 0.15) is 18.9 Å². The number of benzene rings is 2. The van der Waals surface area contributed by atoms with Crippen LogP contribution in [0.25, 0.3) is 11.8 Å². The number of esters is 1. The van der Waals surface area contributed by atoms with E-state index in [1.807, 2.05) is 0 Å². The van der Waals surface area contributed by atoms with Crippen molar-refractivity contribution in [2.24, 2.45) is 11.0 Å². The van der Waals surface area contributed by atoms with Crippen LogP contribution < -0.4 is 5.01 Å². The van der Waals surface area contributed by atoms with Crippen molar-refractivity contribution in [2.75, 3.05) is 11.6 Å². The minimum Gasteiger partial charge on any atom is -0.493 e. The molecular formula is C26H24N4O10S2. The van der Waals surface area contributed by atoms with Crippen LogP contribution in [-0.2, 0) is 34.6 Å². The lowest BCUT2D eigenvalue weighted by molar-refractivity contribution is -0.135. The Morgan fingerprint density at radius 3 is 2.07 bits per heavy atom. The summed E-state index contributed by atoms with van der Waals surface area (Å²) in [7, 11) is -8.80. The van der Waals surface area contributed by atoms with Crippen LogP contribution in [0.4, 0.5) is 5.69 Å². The van der Waals surface area contributed by atoms with E-state index in [-0.39, 0.29) is 40.1 Å². The van der Waals surface area contributed by atoms with E-state index in [2.05, 4.69) is 10.2 Å². The first-order valence-corrected chi connectivity index (χ1v) is 15.0. The van der Waals surface area contributed by atoms with Crippen molar-refractivity contribution >= 4 is 49.6 Å². The van der Waals surface area contributed by atoms with Crippen molar-refractivity contribution in [1.82, 2.24) is 9.78 Å². The summed E-state index contributed by atoms with van der Waals surface area (Å²) in [6, 6.07) is 9.78. The predicted molar refractivity (Wildman–Crippen MR) is 149 cm³/mol. The summed E-state index contributed by atoms with van der Waals surface area (Å²) in [5, 5.41) is 19.7. The molecule has 0 bridgehead atoms. The second-order valence-corrected chi connectivity index (χ2v) is 11.5. The number of hydrazone groups is 1. The molecule has 3 aromatic rings. The lowest BCUT2D eigenvalue weighted by atomic mass is 9.99. The van der Waals surface area contributed by atoms with Crippen LogP contribution in [0.15, 0.2) is 87.8 Å². The molecule has 16 heteroatoms. The van der Waals surface area contributed by atoms with Gasteiger partial charge in [-0.25, -0.2) is 9.48 Å². The smallest absolute Gasteiger partial charge is 0.355 e. The van der Waals surface area contributed by atoms with Crippen molar-refractivity contribution in [1.29, 1.82) is 0 Å². The zero-order valence-electron chi connectivity index (χ0n) is 21.8. The molecule has 4 rings (SSSR count). The van der Waals surface area contributed by atoms with Gasteiger partial charge in [0, 0.05) is 0 Å². The molecule has 1 aliphatic rings. The molecule has 1 unspecified atom stereocenters. The first-order chi connectivity index (χ1) is 19.8. The van der Waals surface area contributed by atoms with Gasteiger partial charge in [-0.2, -0.15) is 32.0 Å². The topological polar surface area (TPSA) is 206 Å². The van der Waals surface area contributed by atoms with Gasteiger partial charge < -0.3 is 9.84 Å². The van der Waals surface area contributed by atoms with E-state index in [0.717, 1.165) is 34.0 Å². The summed E-state index contributed by atoms with van der Waals surface area (Å²) in [6.45, 7) is 1.66. The number of amides is 1. The van der Waals surface area contributed by atoms with Crippen molar-refractivity contribution < 1.29 is 45.4 Å². The molecule has 1 aromatic heterocycles. The van der Waals surface area contributed by atoms with Crippen LogP contribution in [0.2, 0.25) is 0 Å². The highest BCUT2D eigenvalue weighted by Gasteiger charge is 2.40. The van der Waals surface area contributed by atoms with Crippen LogP contribution in [-0.4, -0.2) is 65.0 Å². The fourth-order valence-corrected chi connectivity index (χ4v) is 4.87. The van der Waals surface area contributed by atoms with Crippen molar-refractivity contribution in [2.45, 2.75) is 23.1 Å². The molecule has 14 nitrogen and oxygen atoms in total. The van der Waals surface area contributed by atoms with Gasteiger partial charge in [-0.1, -0.05) is 18.2 Å². The molecule has 42 heavy (non-hydrogen) atoms. The maximum atomic E-state index is 13.1. The van der Waals surface area contributed by atoms with Gasteiger partial charge in [-0.15, -0.1) is 0 Å². The Hall–Kier alpha value is -4.64. The summed E-state index contributed by atoms with van der Waals surface area (Å²) in [5.74, 6) is -2.56. The Kier molecular flexibility index (Phi) is 8.72. The Morgan fingerprint density at radius 2 is 1.52 bits per heavy atom. The SMILES string of the molecule is CCOC(=O)C1=NN(c2ccc(S(=O)(=O)O)cc2)C(=O)C1CC=CC=Cc1cnn(-c2ccc(S(=O)(=O)O)cc2)c1O. The first-order valence-electron chi connectivity index (χ1n) is 12.2. The standard InChI is InChI=1S/C26H24N4O10S2/c1-2-40-26(33)23-22(25(32)30(28-23)19-10-14-21(15-11-19)42(37,38)39)7-5-3-4-6-17-16-27-29(24(17)31)18-8-12-20(13-9-18)41(34,35)36/h3-6,8-16,22,31H,2,7H2,1H3,(H,34,35,36)(H,37,38,39). The second kappa shape index (κ2) is 12.1. The van der Waals surface area contributed by atoms with E-state index in [1.54, 1.807) is 25.2 Å². The maximum Gasteiger partial charge on any atom is 0.355 e. The van der Waals surface area contributed by atoms with Crippen molar-refractivity contribution in [3.05, 3.63) is 78.5 Å². The number of carbonyl (C=O) groups excluding carboxylic acids is 2. The Morgan fingerprint density at radius 1 is 0.952 bits per heavy atom. The number of hydrogen-bond acceptors (Lipinski definition) is 10. The normalized spacial score (nSPS) is 16.0. The zero-order chi connectivity index (χ0) is 30.7.